The van der Waals surface area contributed by atoms with Crippen molar-refractivity contribution in [3.63, 3.8) is 0 Å². The third-order valence-corrected chi connectivity index (χ3v) is 3.00. The lowest BCUT2D eigenvalue weighted by atomic mass is 9.99. The lowest BCUT2D eigenvalue weighted by molar-refractivity contribution is -0.387. The second-order valence-corrected chi connectivity index (χ2v) is 4.57. The number of nitrogens with zero attached hydrogens (tertiary/aromatic N) is 1. The van der Waals surface area contributed by atoms with E-state index in [1.807, 2.05) is 0 Å². The van der Waals surface area contributed by atoms with Crippen molar-refractivity contribution in [3.05, 3.63) is 39.4 Å². The highest BCUT2D eigenvalue weighted by atomic mass is 19.1. The Morgan fingerprint density at radius 3 is 2.55 bits per heavy atom. The fraction of sp³-hybridized carbons (Fsp3) is 0.417. The summed E-state index contributed by atoms with van der Waals surface area (Å²) in [6, 6.07) is 0.974. The number of aliphatic hydroxyl groups excluding tert-OH is 1. The van der Waals surface area contributed by atoms with Crippen LogP contribution >= 0.6 is 0 Å². The number of halogens is 2. The lowest BCUT2D eigenvalue weighted by Gasteiger charge is -2.27. The molecule has 0 aliphatic carbocycles. The Hall–Kier alpha value is -2.09. The van der Waals surface area contributed by atoms with Crippen molar-refractivity contribution in [1.82, 2.24) is 5.32 Å². The van der Waals surface area contributed by atoms with Crippen molar-refractivity contribution in [2.75, 3.05) is 6.61 Å². The molecule has 0 aliphatic rings. The van der Waals surface area contributed by atoms with E-state index in [0.717, 1.165) is 0 Å². The highest BCUT2D eigenvalue weighted by Gasteiger charge is 2.29. The van der Waals surface area contributed by atoms with Crippen LogP contribution in [-0.4, -0.2) is 28.1 Å². The molecule has 1 aromatic rings. The molecule has 1 aromatic carbocycles. The Labute approximate surface area is 113 Å². The van der Waals surface area contributed by atoms with Gasteiger partial charge in [0.25, 0.3) is 5.91 Å². The second-order valence-electron chi connectivity index (χ2n) is 4.57. The molecule has 1 rings (SSSR count). The Morgan fingerprint density at radius 1 is 1.50 bits per heavy atom. The summed E-state index contributed by atoms with van der Waals surface area (Å²) in [5, 5.41) is 22.1. The van der Waals surface area contributed by atoms with Crippen molar-refractivity contribution in [2.24, 2.45) is 0 Å². The Kier molecular flexibility index (Phi) is 4.72. The number of nitrogens with one attached hydrogen (secondary N) is 1. The maximum Gasteiger partial charge on any atom is 0.308 e. The van der Waals surface area contributed by atoms with Crippen LogP contribution in [0.3, 0.4) is 0 Å². The molecule has 20 heavy (non-hydrogen) atoms. The van der Waals surface area contributed by atoms with Crippen LogP contribution in [-0.2, 0) is 0 Å². The molecule has 0 aliphatic heterocycles. The standard InChI is InChI=1S/C12H14F2N2O4/c1-3-12(2,6-17)15-11(18)8-4-7(13)5-9(10(8)14)16(19)20/h4-5,17H,3,6H2,1-2H3,(H,15,18). The summed E-state index contributed by atoms with van der Waals surface area (Å²) in [7, 11) is 0. The molecule has 0 fully saturated rings. The molecule has 0 bridgehead atoms. The van der Waals surface area contributed by atoms with E-state index in [1.54, 1.807) is 6.92 Å². The number of nitro groups is 1. The van der Waals surface area contributed by atoms with Gasteiger partial charge >= 0.3 is 5.69 Å². The molecule has 1 amide bonds. The molecule has 1 atom stereocenters. The van der Waals surface area contributed by atoms with Crippen molar-refractivity contribution < 1.29 is 23.6 Å². The first kappa shape index (κ1) is 16.0. The fourth-order valence-electron chi connectivity index (χ4n) is 1.45. The number of amides is 1. The highest BCUT2D eigenvalue weighted by molar-refractivity contribution is 5.95. The molecule has 0 saturated heterocycles. The first-order chi connectivity index (χ1) is 9.24. The highest BCUT2D eigenvalue weighted by Crippen LogP contribution is 2.23. The lowest BCUT2D eigenvalue weighted by Crippen LogP contribution is -2.48. The summed E-state index contributed by atoms with van der Waals surface area (Å²) in [5.74, 6) is -3.53. The number of aliphatic hydroxyl groups is 1. The van der Waals surface area contributed by atoms with Gasteiger partial charge in [-0.2, -0.15) is 4.39 Å². The van der Waals surface area contributed by atoms with Crippen molar-refractivity contribution in [1.29, 1.82) is 0 Å². The predicted octanol–water partition coefficient (Wildman–Crippen LogP) is 1.76. The Bertz CT molecular complexity index is 545. The van der Waals surface area contributed by atoms with Crippen molar-refractivity contribution in [3.8, 4) is 0 Å². The van der Waals surface area contributed by atoms with Gasteiger partial charge in [0.2, 0.25) is 5.82 Å². The first-order valence-electron chi connectivity index (χ1n) is 5.81. The van der Waals surface area contributed by atoms with Gasteiger partial charge in [0.1, 0.15) is 5.82 Å². The van der Waals surface area contributed by atoms with Gasteiger partial charge in [-0.15, -0.1) is 0 Å². The molecule has 0 aromatic heterocycles. The van der Waals surface area contributed by atoms with Gasteiger partial charge < -0.3 is 10.4 Å². The third-order valence-electron chi connectivity index (χ3n) is 3.00. The van der Waals surface area contributed by atoms with Crippen LogP contribution in [0.15, 0.2) is 12.1 Å². The smallest absolute Gasteiger partial charge is 0.308 e. The minimum atomic E-state index is -1.41. The van der Waals surface area contributed by atoms with Gasteiger partial charge in [0, 0.05) is 0 Å². The van der Waals surface area contributed by atoms with Gasteiger partial charge in [-0.3, -0.25) is 14.9 Å². The molecule has 1 unspecified atom stereocenters. The fourth-order valence-corrected chi connectivity index (χ4v) is 1.45. The third kappa shape index (κ3) is 3.27. The summed E-state index contributed by atoms with van der Waals surface area (Å²) in [4.78, 5) is 21.3. The molecule has 2 N–H and O–H groups in total. The maximum atomic E-state index is 13.8. The summed E-state index contributed by atoms with van der Waals surface area (Å²) in [6.45, 7) is 2.78. The molecule has 110 valence electrons. The van der Waals surface area contributed by atoms with Gasteiger partial charge in [-0.05, 0) is 19.4 Å². The van der Waals surface area contributed by atoms with Crippen molar-refractivity contribution in [2.45, 2.75) is 25.8 Å². The largest absolute Gasteiger partial charge is 0.394 e. The van der Waals surface area contributed by atoms with Crippen LogP contribution in [0.2, 0.25) is 0 Å². The summed E-state index contributed by atoms with van der Waals surface area (Å²) >= 11 is 0. The molecule has 0 radical (unpaired) electrons. The van der Waals surface area contributed by atoms with Gasteiger partial charge in [0.15, 0.2) is 0 Å². The van der Waals surface area contributed by atoms with Crippen LogP contribution in [0.1, 0.15) is 30.6 Å². The molecular weight excluding hydrogens is 274 g/mol. The molecule has 0 spiro atoms. The summed E-state index contributed by atoms with van der Waals surface area (Å²) in [5.41, 5.74) is -2.91. The normalized spacial score (nSPS) is 13.7. The second kappa shape index (κ2) is 5.91. The summed E-state index contributed by atoms with van der Waals surface area (Å²) in [6.07, 6.45) is 0.342. The van der Waals surface area contributed by atoms with Crippen LogP contribution in [0.5, 0.6) is 0 Å². The monoisotopic (exact) mass is 288 g/mol. The number of hydrogen-bond acceptors (Lipinski definition) is 4. The minimum absolute atomic E-state index is 0.342. The summed E-state index contributed by atoms with van der Waals surface area (Å²) < 4.78 is 27.0. The van der Waals surface area contributed by atoms with Gasteiger partial charge in [-0.1, -0.05) is 6.92 Å². The molecular formula is C12H14F2N2O4. The average molecular weight is 288 g/mol. The Morgan fingerprint density at radius 2 is 2.10 bits per heavy atom. The van der Waals surface area contributed by atoms with Crippen LogP contribution < -0.4 is 5.32 Å². The first-order valence-corrected chi connectivity index (χ1v) is 5.81. The molecule has 6 nitrogen and oxygen atoms in total. The number of nitro benzene ring substituents is 1. The van der Waals surface area contributed by atoms with E-state index < -0.39 is 45.9 Å². The van der Waals surface area contributed by atoms with E-state index in [1.165, 1.54) is 6.92 Å². The zero-order valence-corrected chi connectivity index (χ0v) is 10.9. The SMILES string of the molecule is CCC(C)(CO)NC(=O)c1cc(F)cc([N+](=O)[O-])c1F. The molecule has 0 saturated carbocycles. The number of hydrogen-bond donors (Lipinski definition) is 2. The number of carbonyl (C=O) groups excluding carboxylic acids is 1. The van der Waals surface area contributed by atoms with E-state index in [2.05, 4.69) is 5.32 Å². The van der Waals surface area contributed by atoms with Crippen molar-refractivity contribution >= 4 is 11.6 Å². The topological polar surface area (TPSA) is 92.5 Å². The van der Waals surface area contributed by atoms with E-state index in [-0.39, 0.29) is 0 Å². The van der Waals surface area contributed by atoms with E-state index in [4.69, 9.17) is 5.11 Å². The van der Waals surface area contributed by atoms with Gasteiger partial charge in [0.05, 0.1) is 28.7 Å². The van der Waals surface area contributed by atoms with Gasteiger partial charge in [-0.25, -0.2) is 4.39 Å². The zero-order valence-electron chi connectivity index (χ0n) is 10.9. The number of carbonyl (C=O) groups is 1. The maximum absolute atomic E-state index is 13.8. The minimum Gasteiger partial charge on any atom is -0.394 e. The number of benzene rings is 1. The van der Waals surface area contributed by atoms with E-state index in [0.29, 0.717) is 18.6 Å². The number of rotatable bonds is 5. The molecule has 0 heterocycles. The zero-order chi connectivity index (χ0) is 15.5. The molecule has 8 heteroatoms. The quantitative estimate of drug-likeness (QED) is 0.638. The van der Waals surface area contributed by atoms with E-state index >= 15 is 0 Å². The van der Waals surface area contributed by atoms with Crippen LogP contribution in [0, 0.1) is 21.7 Å². The average Bonchev–Trinajstić information content (AvgIpc) is 2.40. The van der Waals surface area contributed by atoms with Crippen LogP contribution in [0.25, 0.3) is 0 Å². The Balaban J connectivity index is 3.20. The van der Waals surface area contributed by atoms with E-state index in [9.17, 15) is 23.7 Å². The van der Waals surface area contributed by atoms with Crippen LogP contribution in [0.4, 0.5) is 14.5 Å². The predicted molar refractivity (Wildman–Crippen MR) is 66.3 cm³/mol.